The van der Waals surface area contributed by atoms with E-state index in [2.05, 4.69) is 75.9 Å². The van der Waals surface area contributed by atoms with Gasteiger partial charge in [0.05, 0.1) is 0 Å². The van der Waals surface area contributed by atoms with Crippen LogP contribution in [0.2, 0.25) is 0 Å². The van der Waals surface area contributed by atoms with Crippen LogP contribution in [-0.2, 0) is 12.8 Å². The van der Waals surface area contributed by atoms with Gasteiger partial charge in [-0.25, -0.2) is 0 Å². The highest BCUT2D eigenvalue weighted by atomic mass is 79.9. The van der Waals surface area contributed by atoms with E-state index in [1.807, 2.05) is 0 Å². The Hall–Kier alpha value is 1.14. The second kappa shape index (κ2) is 13.4. The molecule has 0 bridgehead atoms. The summed E-state index contributed by atoms with van der Waals surface area (Å²) < 4.78 is 2.57. The first-order valence-corrected chi connectivity index (χ1v) is 12.1. The maximum atomic E-state index is 3.76. The fraction of sp³-hybridized carbons (Fsp3) is 0.667. The number of hydrogen-bond acceptors (Lipinski definition) is 0. The van der Waals surface area contributed by atoms with Crippen LogP contribution >= 0.6 is 63.7 Å². The van der Waals surface area contributed by atoms with E-state index in [0.717, 1.165) is 10.7 Å². The van der Waals surface area contributed by atoms with Crippen LogP contribution in [0.4, 0.5) is 0 Å². The zero-order valence-electron chi connectivity index (χ0n) is 13.2. The topological polar surface area (TPSA) is 0 Å². The summed E-state index contributed by atoms with van der Waals surface area (Å²) in [5.41, 5.74) is 2.88. The number of aryl methyl sites for hydroxylation is 2. The molecule has 1 rings (SSSR count). The SMILES string of the molecule is BrCCCCCCc1cc(Br)c(CCCCCCBr)cc1Br. The molecule has 0 aromatic heterocycles. The first kappa shape index (κ1) is 21.2. The number of halogens is 4. The van der Waals surface area contributed by atoms with Crippen LogP contribution in [0, 0.1) is 0 Å². The van der Waals surface area contributed by atoms with E-state index >= 15 is 0 Å². The molecule has 0 fully saturated rings. The van der Waals surface area contributed by atoms with Gasteiger partial charge in [-0.15, -0.1) is 0 Å². The van der Waals surface area contributed by atoms with Gasteiger partial charge in [-0.2, -0.15) is 0 Å². The van der Waals surface area contributed by atoms with Crippen LogP contribution in [0.5, 0.6) is 0 Å². The molecule has 0 radical (unpaired) electrons. The predicted octanol–water partition coefficient (Wildman–Crippen LogP) is 8.21. The second-order valence-corrected chi connectivity index (χ2v) is 9.04. The van der Waals surface area contributed by atoms with E-state index in [0.29, 0.717) is 0 Å². The molecule has 1 aromatic rings. The molecular weight excluding hydrogens is 536 g/mol. The van der Waals surface area contributed by atoms with E-state index < -0.39 is 0 Å². The minimum Gasteiger partial charge on any atom is -0.0928 e. The van der Waals surface area contributed by atoms with Crippen molar-refractivity contribution in [3.63, 3.8) is 0 Å². The molecule has 4 heteroatoms. The Bertz CT molecular complexity index is 378. The molecule has 0 amide bonds. The molecule has 0 saturated heterocycles. The largest absolute Gasteiger partial charge is 0.0928 e. The lowest BCUT2D eigenvalue weighted by Crippen LogP contribution is -1.94. The van der Waals surface area contributed by atoms with Crippen molar-refractivity contribution in [2.24, 2.45) is 0 Å². The Morgan fingerprint density at radius 2 is 0.909 bits per heavy atom. The average molecular weight is 562 g/mol. The van der Waals surface area contributed by atoms with Gasteiger partial charge in [-0.05, 0) is 61.8 Å². The summed E-state index contributed by atoms with van der Waals surface area (Å²) in [4.78, 5) is 0. The van der Waals surface area contributed by atoms with Gasteiger partial charge in [0.2, 0.25) is 0 Å². The van der Waals surface area contributed by atoms with Gasteiger partial charge >= 0.3 is 0 Å². The zero-order chi connectivity index (χ0) is 16.2. The summed E-state index contributed by atoms with van der Waals surface area (Å²) in [6, 6.07) is 4.64. The highest BCUT2D eigenvalue weighted by Gasteiger charge is 2.07. The maximum Gasteiger partial charge on any atom is 0.0210 e. The van der Waals surface area contributed by atoms with Crippen LogP contribution < -0.4 is 0 Å². The summed E-state index contributed by atoms with van der Waals surface area (Å²) in [6.45, 7) is 0. The second-order valence-electron chi connectivity index (χ2n) is 5.74. The highest BCUT2D eigenvalue weighted by molar-refractivity contribution is 9.11. The smallest absolute Gasteiger partial charge is 0.0210 e. The normalized spacial score (nSPS) is 11.1. The Morgan fingerprint density at radius 1 is 0.545 bits per heavy atom. The third-order valence-corrected chi connectivity index (χ3v) is 6.47. The van der Waals surface area contributed by atoms with E-state index in [9.17, 15) is 0 Å². The van der Waals surface area contributed by atoms with Crippen molar-refractivity contribution in [1.29, 1.82) is 0 Å². The quantitative estimate of drug-likeness (QED) is 0.178. The molecule has 0 heterocycles. The van der Waals surface area contributed by atoms with Crippen molar-refractivity contribution in [3.05, 3.63) is 32.2 Å². The van der Waals surface area contributed by atoms with Crippen LogP contribution in [0.25, 0.3) is 0 Å². The summed E-state index contributed by atoms with van der Waals surface area (Å²) >= 11 is 14.5. The molecule has 0 aliphatic heterocycles. The van der Waals surface area contributed by atoms with Crippen molar-refractivity contribution >= 4 is 63.7 Å². The molecule has 0 nitrogen and oxygen atoms in total. The number of benzene rings is 1. The van der Waals surface area contributed by atoms with Gasteiger partial charge in [0, 0.05) is 19.6 Å². The Labute approximate surface area is 169 Å². The minimum absolute atomic E-state index is 1.13. The van der Waals surface area contributed by atoms with Crippen LogP contribution in [0.3, 0.4) is 0 Å². The molecule has 126 valence electrons. The third kappa shape index (κ3) is 8.84. The van der Waals surface area contributed by atoms with Crippen LogP contribution in [0.15, 0.2) is 21.1 Å². The minimum atomic E-state index is 1.13. The number of unbranched alkanes of at least 4 members (excludes halogenated alkanes) is 6. The Kier molecular flexibility index (Phi) is 12.9. The summed E-state index contributed by atoms with van der Waals surface area (Å²) in [6.07, 6.45) is 12.8. The molecule has 0 saturated carbocycles. The van der Waals surface area contributed by atoms with Gasteiger partial charge < -0.3 is 0 Å². The number of alkyl halides is 2. The molecular formula is C18H26Br4. The molecule has 22 heavy (non-hydrogen) atoms. The fourth-order valence-corrected chi connectivity index (χ4v) is 4.51. The lowest BCUT2D eigenvalue weighted by Gasteiger charge is -2.10. The van der Waals surface area contributed by atoms with Gasteiger partial charge in [0.15, 0.2) is 0 Å². The summed E-state index contributed by atoms with van der Waals surface area (Å²) in [5, 5.41) is 2.26. The summed E-state index contributed by atoms with van der Waals surface area (Å²) in [7, 11) is 0. The molecule has 0 spiro atoms. The van der Waals surface area contributed by atoms with Gasteiger partial charge in [0.1, 0.15) is 0 Å². The lowest BCUT2D eigenvalue weighted by molar-refractivity contribution is 0.666. The first-order chi connectivity index (χ1) is 10.7. The van der Waals surface area contributed by atoms with E-state index in [1.165, 1.54) is 84.3 Å². The van der Waals surface area contributed by atoms with E-state index in [4.69, 9.17) is 0 Å². The predicted molar refractivity (Wildman–Crippen MR) is 114 cm³/mol. The van der Waals surface area contributed by atoms with Gasteiger partial charge in [-0.3, -0.25) is 0 Å². The molecule has 0 unspecified atom stereocenters. The Balaban J connectivity index is 2.42. The molecule has 1 aromatic carbocycles. The molecule has 0 aliphatic carbocycles. The van der Waals surface area contributed by atoms with Crippen molar-refractivity contribution in [3.8, 4) is 0 Å². The van der Waals surface area contributed by atoms with Crippen LogP contribution in [-0.4, -0.2) is 10.7 Å². The summed E-state index contributed by atoms with van der Waals surface area (Å²) in [5.74, 6) is 0. The first-order valence-electron chi connectivity index (χ1n) is 8.27. The number of rotatable bonds is 12. The standard InChI is InChI=1S/C18H26Br4/c19-11-7-3-1-5-9-15-13-18(22)16(14-17(15)21)10-6-2-4-8-12-20/h13-14H,1-12H2. The van der Waals surface area contributed by atoms with Crippen LogP contribution in [0.1, 0.15) is 62.5 Å². The maximum absolute atomic E-state index is 3.76. The van der Waals surface area contributed by atoms with Gasteiger partial charge in [-0.1, -0.05) is 89.4 Å². The Morgan fingerprint density at radius 3 is 1.27 bits per heavy atom. The lowest BCUT2D eigenvalue weighted by atomic mass is 10.0. The monoisotopic (exact) mass is 558 g/mol. The molecule has 0 N–H and O–H groups in total. The van der Waals surface area contributed by atoms with Crippen molar-refractivity contribution in [2.45, 2.75) is 64.2 Å². The zero-order valence-corrected chi connectivity index (χ0v) is 19.5. The van der Waals surface area contributed by atoms with Crippen molar-refractivity contribution in [2.75, 3.05) is 10.7 Å². The third-order valence-electron chi connectivity index (χ3n) is 3.87. The fourth-order valence-electron chi connectivity index (χ4n) is 2.54. The number of hydrogen-bond donors (Lipinski definition) is 0. The van der Waals surface area contributed by atoms with Crippen molar-refractivity contribution < 1.29 is 0 Å². The van der Waals surface area contributed by atoms with Gasteiger partial charge in [0.25, 0.3) is 0 Å². The highest BCUT2D eigenvalue weighted by Crippen LogP contribution is 2.28. The van der Waals surface area contributed by atoms with E-state index in [-0.39, 0.29) is 0 Å². The molecule has 0 aliphatic rings. The molecule has 0 atom stereocenters. The van der Waals surface area contributed by atoms with Crippen molar-refractivity contribution in [1.82, 2.24) is 0 Å². The average Bonchev–Trinajstić information content (AvgIpc) is 2.51. The van der Waals surface area contributed by atoms with E-state index in [1.54, 1.807) is 0 Å².